The predicted molar refractivity (Wildman–Crippen MR) is 106 cm³/mol. The highest BCUT2D eigenvalue weighted by Crippen LogP contribution is 2.28. The maximum absolute atomic E-state index is 12.7. The summed E-state index contributed by atoms with van der Waals surface area (Å²) in [6.45, 7) is 9.96. The van der Waals surface area contributed by atoms with E-state index in [1.807, 2.05) is 30.0 Å². The largest absolute Gasteiger partial charge is 0.493 e. The molecular weight excluding hydrogens is 358 g/mol. The SMILES string of the molecule is CCN(CC)[C@@H]1CCN(C(=O)c2cc(COc3ccc(C)cc3OC)on2)C1. The molecule has 1 amide bonds. The fourth-order valence-electron chi connectivity index (χ4n) is 3.65. The Kier molecular flexibility index (Phi) is 6.57. The minimum absolute atomic E-state index is 0.0856. The predicted octanol–water partition coefficient (Wildman–Crippen LogP) is 3.13. The Labute approximate surface area is 166 Å². The molecule has 1 fully saturated rings. The summed E-state index contributed by atoms with van der Waals surface area (Å²) in [5.41, 5.74) is 1.42. The molecule has 1 aromatic carbocycles. The van der Waals surface area contributed by atoms with Crippen LogP contribution < -0.4 is 9.47 Å². The number of nitrogens with zero attached hydrogens (tertiary/aromatic N) is 3. The van der Waals surface area contributed by atoms with E-state index in [0.717, 1.165) is 38.2 Å². The molecule has 152 valence electrons. The first-order chi connectivity index (χ1) is 13.5. The molecule has 1 saturated heterocycles. The van der Waals surface area contributed by atoms with Gasteiger partial charge in [-0.15, -0.1) is 0 Å². The molecule has 0 saturated carbocycles. The van der Waals surface area contributed by atoms with E-state index in [9.17, 15) is 4.79 Å². The van der Waals surface area contributed by atoms with E-state index in [0.29, 0.717) is 29.0 Å². The van der Waals surface area contributed by atoms with Gasteiger partial charge in [0.15, 0.2) is 23.0 Å². The highest BCUT2D eigenvalue weighted by atomic mass is 16.5. The third-order valence-electron chi connectivity index (χ3n) is 5.25. The molecule has 1 atom stereocenters. The number of hydrogen-bond acceptors (Lipinski definition) is 6. The van der Waals surface area contributed by atoms with E-state index in [1.54, 1.807) is 13.2 Å². The number of aryl methyl sites for hydroxylation is 1. The van der Waals surface area contributed by atoms with Crippen molar-refractivity contribution in [2.75, 3.05) is 33.3 Å². The number of likely N-dealkylation sites (N-methyl/N-ethyl adjacent to an activating group) is 1. The summed E-state index contributed by atoms with van der Waals surface area (Å²) < 4.78 is 16.4. The van der Waals surface area contributed by atoms with Crippen LogP contribution in [-0.2, 0) is 6.61 Å². The number of aromatic nitrogens is 1. The lowest BCUT2D eigenvalue weighted by atomic mass is 10.2. The van der Waals surface area contributed by atoms with E-state index in [4.69, 9.17) is 14.0 Å². The maximum Gasteiger partial charge on any atom is 0.276 e. The molecule has 1 aromatic heterocycles. The number of carbonyl (C=O) groups is 1. The second-order valence-electron chi connectivity index (χ2n) is 7.04. The van der Waals surface area contributed by atoms with Gasteiger partial charge in [-0.1, -0.05) is 25.1 Å². The van der Waals surface area contributed by atoms with Gasteiger partial charge in [0.25, 0.3) is 5.91 Å². The van der Waals surface area contributed by atoms with Gasteiger partial charge in [-0.25, -0.2) is 0 Å². The molecule has 0 aliphatic carbocycles. The first-order valence-corrected chi connectivity index (χ1v) is 9.82. The van der Waals surface area contributed by atoms with Crippen LogP contribution in [0.2, 0.25) is 0 Å². The highest BCUT2D eigenvalue weighted by molar-refractivity contribution is 5.92. The van der Waals surface area contributed by atoms with E-state index in [-0.39, 0.29) is 12.5 Å². The molecule has 2 aromatic rings. The average Bonchev–Trinajstić information content (AvgIpc) is 3.37. The Morgan fingerprint density at radius 2 is 2.07 bits per heavy atom. The van der Waals surface area contributed by atoms with Crippen molar-refractivity contribution >= 4 is 5.91 Å². The van der Waals surface area contributed by atoms with Crippen LogP contribution in [0, 0.1) is 6.92 Å². The van der Waals surface area contributed by atoms with Crippen molar-refractivity contribution in [3.8, 4) is 11.5 Å². The molecule has 7 nitrogen and oxygen atoms in total. The lowest BCUT2D eigenvalue weighted by Gasteiger charge is -2.25. The second kappa shape index (κ2) is 9.10. The summed E-state index contributed by atoms with van der Waals surface area (Å²) in [6.07, 6.45) is 0.995. The van der Waals surface area contributed by atoms with Crippen molar-refractivity contribution < 1.29 is 18.8 Å². The number of carbonyl (C=O) groups excluding carboxylic acids is 1. The van der Waals surface area contributed by atoms with Gasteiger partial charge in [-0.3, -0.25) is 9.69 Å². The standard InChI is InChI=1S/C21H29N3O4/c1-5-23(6-2)16-9-10-24(13-16)21(25)18-12-17(28-22-18)14-27-19-8-7-15(3)11-20(19)26-4/h7-8,11-12,16H,5-6,9-10,13-14H2,1-4H3/t16-/m1/s1. The third kappa shape index (κ3) is 4.47. The summed E-state index contributed by atoms with van der Waals surface area (Å²) in [7, 11) is 1.61. The van der Waals surface area contributed by atoms with Crippen molar-refractivity contribution in [3.05, 3.63) is 41.3 Å². The van der Waals surface area contributed by atoms with Gasteiger partial charge in [0.1, 0.15) is 6.61 Å². The minimum atomic E-state index is -0.0856. The molecule has 0 bridgehead atoms. The molecule has 3 rings (SSSR count). The normalized spacial score (nSPS) is 16.6. The minimum Gasteiger partial charge on any atom is -0.493 e. The van der Waals surface area contributed by atoms with Gasteiger partial charge in [-0.2, -0.15) is 0 Å². The van der Waals surface area contributed by atoms with Crippen molar-refractivity contribution in [1.82, 2.24) is 15.0 Å². The fourth-order valence-corrected chi connectivity index (χ4v) is 3.65. The van der Waals surface area contributed by atoms with Gasteiger partial charge in [-0.05, 0) is 44.1 Å². The number of methoxy groups -OCH3 is 1. The van der Waals surface area contributed by atoms with Crippen LogP contribution >= 0.6 is 0 Å². The smallest absolute Gasteiger partial charge is 0.276 e. The first kappa shape index (κ1) is 20.2. The molecule has 1 aliphatic heterocycles. The summed E-state index contributed by atoms with van der Waals surface area (Å²) in [6, 6.07) is 7.79. The van der Waals surface area contributed by atoms with Crippen LogP contribution in [0.4, 0.5) is 0 Å². The molecule has 0 unspecified atom stereocenters. The Hall–Kier alpha value is -2.54. The summed E-state index contributed by atoms with van der Waals surface area (Å²) in [4.78, 5) is 17.0. The molecule has 7 heteroatoms. The number of benzene rings is 1. The zero-order chi connectivity index (χ0) is 20.1. The molecule has 1 aliphatic rings. The zero-order valence-electron chi connectivity index (χ0n) is 17.1. The van der Waals surface area contributed by atoms with Crippen LogP contribution in [-0.4, -0.2) is 60.2 Å². The quantitative estimate of drug-likeness (QED) is 0.693. The maximum atomic E-state index is 12.7. The Morgan fingerprint density at radius 1 is 1.29 bits per heavy atom. The number of ether oxygens (including phenoxy) is 2. The number of rotatable bonds is 8. The van der Waals surface area contributed by atoms with Crippen molar-refractivity contribution in [2.45, 2.75) is 39.8 Å². The van der Waals surface area contributed by atoms with Gasteiger partial charge in [0.2, 0.25) is 0 Å². The lowest BCUT2D eigenvalue weighted by Crippen LogP contribution is -2.38. The van der Waals surface area contributed by atoms with Crippen LogP contribution in [0.5, 0.6) is 11.5 Å². The van der Waals surface area contributed by atoms with Crippen LogP contribution in [0.15, 0.2) is 28.8 Å². The number of likely N-dealkylation sites (tertiary alicyclic amines) is 1. The van der Waals surface area contributed by atoms with Crippen molar-refractivity contribution in [1.29, 1.82) is 0 Å². The second-order valence-corrected chi connectivity index (χ2v) is 7.04. The molecular formula is C21H29N3O4. The number of amides is 1. The third-order valence-corrected chi connectivity index (χ3v) is 5.25. The lowest BCUT2D eigenvalue weighted by molar-refractivity contribution is 0.0767. The van der Waals surface area contributed by atoms with Crippen molar-refractivity contribution in [3.63, 3.8) is 0 Å². The molecule has 0 spiro atoms. The fraction of sp³-hybridized carbons (Fsp3) is 0.524. The summed E-state index contributed by atoms with van der Waals surface area (Å²) >= 11 is 0. The Balaban J connectivity index is 1.59. The van der Waals surface area contributed by atoms with Crippen LogP contribution in [0.3, 0.4) is 0 Å². The van der Waals surface area contributed by atoms with Crippen LogP contribution in [0.1, 0.15) is 42.1 Å². The van der Waals surface area contributed by atoms with Gasteiger partial charge in [0, 0.05) is 25.2 Å². The summed E-state index contributed by atoms with van der Waals surface area (Å²) in [5, 5.41) is 3.95. The Morgan fingerprint density at radius 3 is 2.79 bits per heavy atom. The topological polar surface area (TPSA) is 68.0 Å². The van der Waals surface area contributed by atoms with Crippen molar-refractivity contribution in [2.24, 2.45) is 0 Å². The molecule has 2 heterocycles. The van der Waals surface area contributed by atoms with E-state index in [2.05, 4.69) is 23.9 Å². The van der Waals surface area contributed by atoms with Gasteiger partial charge >= 0.3 is 0 Å². The molecule has 0 N–H and O–H groups in total. The highest BCUT2D eigenvalue weighted by Gasteiger charge is 2.31. The van der Waals surface area contributed by atoms with E-state index < -0.39 is 0 Å². The van der Waals surface area contributed by atoms with Gasteiger partial charge < -0.3 is 18.9 Å². The van der Waals surface area contributed by atoms with E-state index in [1.165, 1.54) is 0 Å². The summed E-state index contributed by atoms with van der Waals surface area (Å²) in [5.74, 6) is 1.71. The zero-order valence-corrected chi connectivity index (χ0v) is 17.1. The molecule has 28 heavy (non-hydrogen) atoms. The monoisotopic (exact) mass is 387 g/mol. The Bertz CT molecular complexity index is 801. The van der Waals surface area contributed by atoms with Gasteiger partial charge in [0.05, 0.1) is 7.11 Å². The number of hydrogen-bond donors (Lipinski definition) is 0. The average molecular weight is 387 g/mol. The molecule has 0 radical (unpaired) electrons. The first-order valence-electron chi connectivity index (χ1n) is 9.82. The van der Waals surface area contributed by atoms with E-state index >= 15 is 0 Å². The van der Waals surface area contributed by atoms with Crippen LogP contribution in [0.25, 0.3) is 0 Å².